The van der Waals surface area contributed by atoms with Gasteiger partial charge in [-0.2, -0.15) is 0 Å². The van der Waals surface area contributed by atoms with Gasteiger partial charge in [-0.3, -0.25) is 4.79 Å². The summed E-state index contributed by atoms with van der Waals surface area (Å²) in [7, 11) is 0. The van der Waals surface area contributed by atoms with Crippen molar-refractivity contribution in [3.63, 3.8) is 0 Å². The Hall–Kier alpha value is -1.52. The number of nitrogens with zero attached hydrogens (tertiary/aromatic N) is 1. The molecule has 2 heterocycles. The van der Waals surface area contributed by atoms with E-state index in [0.29, 0.717) is 0 Å². The maximum Gasteiger partial charge on any atom is 0.251 e. The molecule has 1 aromatic carbocycles. The Kier molecular flexibility index (Phi) is 4.23. The summed E-state index contributed by atoms with van der Waals surface area (Å²) in [6.45, 7) is 0.789. The van der Waals surface area contributed by atoms with Crippen molar-refractivity contribution in [2.75, 3.05) is 17.2 Å². The van der Waals surface area contributed by atoms with Gasteiger partial charge in [0.25, 0.3) is 5.91 Å². The predicted octanol–water partition coefficient (Wildman–Crippen LogP) is 4.29. The Balaban J connectivity index is 1.84. The standard InChI is InChI=1S/C16H15NOS2/c18-16(9-8-13-5-3-11-19-13)17-10-4-12-20-15-7-2-1-6-14(15)17/h1-3,5-9,11H,4,10,12H2. The molecule has 20 heavy (non-hydrogen) atoms. The van der Waals surface area contributed by atoms with Crippen molar-refractivity contribution in [2.45, 2.75) is 11.3 Å². The van der Waals surface area contributed by atoms with E-state index >= 15 is 0 Å². The zero-order chi connectivity index (χ0) is 13.8. The molecule has 1 aliphatic heterocycles. The third-order valence-electron chi connectivity index (χ3n) is 3.14. The minimum atomic E-state index is 0.0633. The molecule has 102 valence electrons. The predicted molar refractivity (Wildman–Crippen MR) is 87.5 cm³/mol. The van der Waals surface area contributed by atoms with Crippen LogP contribution in [-0.4, -0.2) is 18.2 Å². The third kappa shape index (κ3) is 2.97. The van der Waals surface area contributed by atoms with Gasteiger partial charge in [-0.05, 0) is 41.8 Å². The van der Waals surface area contributed by atoms with E-state index in [1.165, 1.54) is 4.90 Å². The van der Waals surface area contributed by atoms with Crippen molar-refractivity contribution in [3.8, 4) is 0 Å². The van der Waals surface area contributed by atoms with E-state index in [2.05, 4.69) is 6.07 Å². The maximum atomic E-state index is 12.4. The van der Waals surface area contributed by atoms with Crippen LogP contribution in [0.25, 0.3) is 6.08 Å². The molecule has 0 N–H and O–H groups in total. The largest absolute Gasteiger partial charge is 0.308 e. The second-order valence-electron chi connectivity index (χ2n) is 4.51. The molecule has 0 spiro atoms. The number of hydrogen-bond acceptors (Lipinski definition) is 3. The molecule has 1 aliphatic rings. The molecule has 0 unspecified atom stereocenters. The lowest BCUT2D eigenvalue weighted by atomic mass is 10.2. The summed E-state index contributed by atoms with van der Waals surface area (Å²) in [6.07, 6.45) is 4.60. The zero-order valence-electron chi connectivity index (χ0n) is 11.0. The van der Waals surface area contributed by atoms with Crippen LogP contribution >= 0.6 is 23.1 Å². The molecular weight excluding hydrogens is 286 g/mol. The van der Waals surface area contributed by atoms with Gasteiger partial charge < -0.3 is 4.90 Å². The molecule has 2 aromatic rings. The van der Waals surface area contributed by atoms with Crippen molar-refractivity contribution in [3.05, 3.63) is 52.7 Å². The van der Waals surface area contributed by atoms with Gasteiger partial charge in [0.2, 0.25) is 0 Å². The number of fused-ring (bicyclic) bond motifs is 1. The number of carbonyl (C=O) groups excluding carboxylic acids is 1. The zero-order valence-corrected chi connectivity index (χ0v) is 12.6. The summed E-state index contributed by atoms with van der Waals surface area (Å²) in [5.74, 6) is 1.13. The highest BCUT2D eigenvalue weighted by Crippen LogP contribution is 2.33. The summed E-state index contributed by atoms with van der Waals surface area (Å²) in [6, 6.07) is 12.2. The van der Waals surface area contributed by atoms with Gasteiger partial charge >= 0.3 is 0 Å². The summed E-state index contributed by atoms with van der Waals surface area (Å²) >= 11 is 3.47. The highest BCUT2D eigenvalue weighted by molar-refractivity contribution is 7.99. The molecule has 3 rings (SSSR count). The number of carbonyl (C=O) groups is 1. The Morgan fingerprint density at radius 2 is 2.10 bits per heavy atom. The van der Waals surface area contributed by atoms with Crippen LogP contribution < -0.4 is 4.90 Å². The fourth-order valence-electron chi connectivity index (χ4n) is 2.19. The second kappa shape index (κ2) is 6.29. The van der Waals surface area contributed by atoms with Crippen LogP contribution in [0, 0.1) is 0 Å². The SMILES string of the molecule is O=C(C=Cc1cccs1)N1CCCSc2ccccc21. The Morgan fingerprint density at radius 1 is 1.20 bits per heavy atom. The van der Waals surface area contributed by atoms with Gasteiger partial charge in [0, 0.05) is 22.4 Å². The molecule has 1 aromatic heterocycles. The Bertz CT molecular complexity index is 619. The van der Waals surface area contributed by atoms with E-state index in [1.54, 1.807) is 17.4 Å². The first kappa shape index (κ1) is 13.5. The average Bonchev–Trinajstić information content (AvgIpc) is 2.90. The highest BCUT2D eigenvalue weighted by atomic mass is 32.2. The van der Waals surface area contributed by atoms with Crippen LogP contribution in [-0.2, 0) is 4.79 Å². The van der Waals surface area contributed by atoms with E-state index in [-0.39, 0.29) is 5.91 Å². The minimum absolute atomic E-state index is 0.0633. The van der Waals surface area contributed by atoms with Gasteiger partial charge in [-0.1, -0.05) is 18.2 Å². The fraction of sp³-hybridized carbons (Fsp3) is 0.188. The number of thioether (sulfide) groups is 1. The number of anilines is 1. The molecule has 0 fully saturated rings. The molecule has 0 aliphatic carbocycles. The molecule has 0 saturated heterocycles. The Labute approximate surface area is 127 Å². The number of para-hydroxylation sites is 1. The summed E-state index contributed by atoms with van der Waals surface area (Å²) in [5, 5.41) is 2.02. The van der Waals surface area contributed by atoms with Crippen molar-refractivity contribution in [1.29, 1.82) is 0 Å². The summed E-state index contributed by atoms with van der Waals surface area (Å²) < 4.78 is 0. The highest BCUT2D eigenvalue weighted by Gasteiger charge is 2.19. The molecule has 1 amide bonds. The minimum Gasteiger partial charge on any atom is -0.308 e. The van der Waals surface area contributed by atoms with E-state index in [1.807, 2.05) is 58.4 Å². The van der Waals surface area contributed by atoms with Crippen LogP contribution in [0.5, 0.6) is 0 Å². The number of hydrogen-bond donors (Lipinski definition) is 0. The smallest absolute Gasteiger partial charge is 0.251 e. The molecular formula is C16H15NOS2. The average molecular weight is 301 g/mol. The lowest BCUT2D eigenvalue weighted by Gasteiger charge is -2.20. The quantitative estimate of drug-likeness (QED) is 0.771. The first-order valence-corrected chi connectivity index (χ1v) is 8.46. The van der Waals surface area contributed by atoms with Crippen molar-refractivity contribution >= 4 is 40.8 Å². The van der Waals surface area contributed by atoms with Gasteiger partial charge in [0.15, 0.2) is 0 Å². The van der Waals surface area contributed by atoms with Gasteiger partial charge in [-0.25, -0.2) is 0 Å². The van der Waals surface area contributed by atoms with E-state index in [9.17, 15) is 4.79 Å². The first-order chi connectivity index (χ1) is 9.84. The van der Waals surface area contributed by atoms with E-state index < -0.39 is 0 Å². The van der Waals surface area contributed by atoms with Crippen LogP contribution in [0.15, 0.2) is 52.7 Å². The topological polar surface area (TPSA) is 20.3 Å². The molecule has 0 bridgehead atoms. The first-order valence-electron chi connectivity index (χ1n) is 6.59. The van der Waals surface area contributed by atoms with Crippen LogP contribution in [0.2, 0.25) is 0 Å². The summed E-state index contributed by atoms with van der Waals surface area (Å²) in [5.41, 5.74) is 1.04. The van der Waals surface area contributed by atoms with Crippen LogP contribution in [0.4, 0.5) is 5.69 Å². The molecule has 0 saturated carbocycles. The number of rotatable bonds is 2. The number of benzene rings is 1. The lowest BCUT2D eigenvalue weighted by molar-refractivity contribution is -0.114. The van der Waals surface area contributed by atoms with Crippen molar-refractivity contribution < 1.29 is 4.79 Å². The third-order valence-corrected chi connectivity index (χ3v) is 5.13. The number of amides is 1. The van der Waals surface area contributed by atoms with Crippen molar-refractivity contribution in [2.24, 2.45) is 0 Å². The fourth-order valence-corrected chi connectivity index (χ4v) is 3.80. The van der Waals surface area contributed by atoms with Crippen molar-refractivity contribution in [1.82, 2.24) is 0 Å². The molecule has 0 atom stereocenters. The molecule has 0 radical (unpaired) electrons. The Morgan fingerprint density at radius 3 is 2.95 bits per heavy atom. The number of thiophene rings is 1. The van der Waals surface area contributed by atoms with Crippen LogP contribution in [0.1, 0.15) is 11.3 Å². The lowest BCUT2D eigenvalue weighted by Crippen LogP contribution is -2.30. The molecule has 2 nitrogen and oxygen atoms in total. The maximum absolute atomic E-state index is 12.4. The second-order valence-corrected chi connectivity index (χ2v) is 6.62. The van der Waals surface area contributed by atoms with Crippen LogP contribution in [0.3, 0.4) is 0 Å². The molecule has 4 heteroatoms. The monoisotopic (exact) mass is 301 g/mol. The van der Waals surface area contributed by atoms with Gasteiger partial charge in [0.1, 0.15) is 0 Å². The summed E-state index contributed by atoms with van der Waals surface area (Å²) in [4.78, 5) is 16.6. The van der Waals surface area contributed by atoms with Gasteiger partial charge in [-0.15, -0.1) is 23.1 Å². The normalized spacial score (nSPS) is 15.1. The van der Waals surface area contributed by atoms with Gasteiger partial charge in [0.05, 0.1) is 5.69 Å². The van der Waals surface area contributed by atoms with E-state index in [0.717, 1.165) is 29.3 Å². The van der Waals surface area contributed by atoms with E-state index in [4.69, 9.17) is 0 Å².